The van der Waals surface area contributed by atoms with E-state index < -0.39 is 18.5 Å². The van der Waals surface area contributed by atoms with Crippen LogP contribution in [0.1, 0.15) is 18.2 Å². The number of aliphatic carboxylic acids is 1. The molecule has 0 bridgehead atoms. The molecule has 0 radical (unpaired) electrons. The number of hydrogen-bond acceptors (Lipinski definition) is 6. The largest absolute Gasteiger partial charge is 0.573 e. The number of nitrogens with one attached hydrogen (secondary N) is 1. The van der Waals surface area contributed by atoms with E-state index in [0.717, 1.165) is 25.3 Å². The smallest absolute Gasteiger partial charge is 0.475 e. The monoisotopic (exact) mass is 477 g/mol. The van der Waals surface area contributed by atoms with Gasteiger partial charge in [0.1, 0.15) is 22.8 Å². The molecule has 3 heterocycles. The van der Waals surface area contributed by atoms with Gasteiger partial charge in [-0.2, -0.15) is 13.2 Å². The van der Waals surface area contributed by atoms with Crippen LogP contribution in [0.2, 0.25) is 0 Å². The molecule has 0 amide bonds. The lowest BCUT2D eigenvalue weighted by atomic mass is 10.1. The summed E-state index contributed by atoms with van der Waals surface area (Å²) in [6.45, 7) is 1.72. The van der Waals surface area contributed by atoms with Gasteiger partial charge in [-0.15, -0.1) is 13.2 Å². The molecule has 0 spiro atoms. The third-order valence-corrected chi connectivity index (χ3v) is 4.61. The molecule has 4 rings (SSSR count). The average molecular weight is 477 g/mol. The van der Waals surface area contributed by atoms with Crippen LogP contribution in [-0.4, -0.2) is 56.2 Å². The Bertz CT molecular complexity index is 1120. The van der Waals surface area contributed by atoms with Crippen molar-refractivity contribution in [3.05, 3.63) is 36.4 Å². The fourth-order valence-corrected chi connectivity index (χ4v) is 3.10. The van der Waals surface area contributed by atoms with E-state index in [1.165, 1.54) is 12.1 Å². The van der Waals surface area contributed by atoms with Gasteiger partial charge in [-0.25, -0.2) is 19.7 Å². The summed E-state index contributed by atoms with van der Waals surface area (Å²) in [5.74, 6) is -2.10. The van der Waals surface area contributed by atoms with Crippen LogP contribution in [0.25, 0.3) is 22.4 Å². The number of hydrogen-bond donors (Lipinski definition) is 2. The third-order valence-electron chi connectivity index (χ3n) is 4.61. The standard InChI is InChI=1S/C17H16F3N5O.C2HF3O2/c1-25-9-22-14-13(10-2-4-12(5-3-10)26-17(18,19)20)23-15(24-16(14)25)11-6-7-21-8-11;3-2(4,5)1(6)7/h2-5,9,11,21H,6-8H2,1H3;(H,6,7). The van der Waals surface area contributed by atoms with Gasteiger partial charge in [-0.05, 0) is 37.2 Å². The number of aryl methyl sites for hydroxylation is 1. The Labute approximate surface area is 182 Å². The zero-order valence-electron chi connectivity index (χ0n) is 16.9. The van der Waals surface area contributed by atoms with Crippen LogP contribution in [0.5, 0.6) is 5.75 Å². The predicted molar refractivity (Wildman–Crippen MR) is 102 cm³/mol. The second-order valence-corrected chi connectivity index (χ2v) is 7.02. The number of benzene rings is 1. The van der Waals surface area contributed by atoms with Crippen LogP contribution in [0, 0.1) is 0 Å². The SMILES string of the molecule is Cn1cnc2c(-c3ccc(OC(F)(F)F)cc3)nc(C3CCNC3)nc21.O=C(O)C(F)(F)F. The molecule has 2 aromatic heterocycles. The summed E-state index contributed by atoms with van der Waals surface area (Å²) >= 11 is 0. The highest BCUT2D eigenvalue weighted by atomic mass is 19.4. The van der Waals surface area contributed by atoms with Gasteiger partial charge >= 0.3 is 18.5 Å². The zero-order valence-corrected chi connectivity index (χ0v) is 16.9. The summed E-state index contributed by atoms with van der Waals surface area (Å²) in [5.41, 5.74) is 2.59. The van der Waals surface area contributed by atoms with Crippen LogP contribution in [0.15, 0.2) is 30.6 Å². The second kappa shape index (κ2) is 9.21. The van der Waals surface area contributed by atoms with E-state index in [-0.39, 0.29) is 11.7 Å². The van der Waals surface area contributed by atoms with Gasteiger partial charge in [0.15, 0.2) is 5.65 Å². The van der Waals surface area contributed by atoms with Crippen molar-refractivity contribution >= 4 is 17.1 Å². The Balaban J connectivity index is 0.000000383. The Morgan fingerprint density at radius 2 is 1.79 bits per heavy atom. The van der Waals surface area contributed by atoms with Crippen LogP contribution in [0.4, 0.5) is 26.3 Å². The first kappa shape index (κ1) is 24.2. The molecule has 1 unspecified atom stereocenters. The maximum atomic E-state index is 12.3. The third kappa shape index (κ3) is 6.09. The lowest BCUT2D eigenvalue weighted by molar-refractivity contribution is -0.274. The van der Waals surface area contributed by atoms with E-state index in [9.17, 15) is 26.3 Å². The number of carbonyl (C=O) groups is 1. The average Bonchev–Trinajstić information content (AvgIpc) is 3.37. The number of aromatic nitrogens is 4. The van der Waals surface area contributed by atoms with Crippen molar-refractivity contribution < 1.29 is 41.0 Å². The van der Waals surface area contributed by atoms with Crippen molar-refractivity contribution in [1.29, 1.82) is 0 Å². The molecule has 0 aliphatic carbocycles. The summed E-state index contributed by atoms with van der Waals surface area (Å²) in [6, 6.07) is 5.65. The fourth-order valence-electron chi connectivity index (χ4n) is 3.10. The Morgan fingerprint density at radius 1 is 1.15 bits per heavy atom. The van der Waals surface area contributed by atoms with E-state index >= 15 is 0 Å². The number of nitrogens with zero attached hydrogens (tertiary/aromatic N) is 4. The number of ether oxygens (including phenoxy) is 1. The summed E-state index contributed by atoms with van der Waals surface area (Å²) in [4.78, 5) is 22.6. The molecule has 178 valence electrons. The number of rotatable bonds is 3. The normalized spacial score (nSPS) is 16.4. The number of alkyl halides is 6. The number of carboxylic acids is 1. The van der Waals surface area contributed by atoms with Crippen molar-refractivity contribution in [3.63, 3.8) is 0 Å². The van der Waals surface area contributed by atoms with Crippen LogP contribution in [-0.2, 0) is 11.8 Å². The lowest BCUT2D eigenvalue weighted by Gasteiger charge is -2.12. The van der Waals surface area contributed by atoms with Crippen molar-refractivity contribution in [1.82, 2.24) is 24.8 Å². The van der Waals surface area contributed by atoms with Gasteiger partial charge in [0.05, 0.1) is 6.33 Å². The zero-order chi connectivity index (χ0) is 24.4. The molecule has 33 heavy (non-hydrogen) atoms. The minimum Gasteiger partial charge on any atom is -0.475 e. The maximum absolute atomic E-state index is 12.3. The fraction of sp³-hybridized carbons (Fsp3) is 0.368. The van der Waals surface area contributed by atoms with Gasteiger partial charge in [0.25, 0.3) is 0 Å². The highest BCUT2D eigenvalue weighted by Gasteiger charge is 2.38. The van der Waals surface area contributed by atoms with Gasteiger partial charge in [-0.3, -0.25) is 0 Å². The Hall–Kier alpha value is -3.42. The molecule has 1 fully saturated rings. The van der Waals surface area contributed by atoms with E-state index in [2.05, 4.69) is 25.0 Å². The molecule has 1 saturated heterocycles. The quantitative estimate of drug-likeness (QED) is 0.556. The molecule has 3 aromatic rings. The van der Waals surface area contributed by atoms with Crippen molar-refractivity contribution in [3.8, 4) is 17.0 Å². The summed E-state index contributed by atoms with van der Waals surface area (Å²) in [6.07, 6.45) is -7.20. The van der Waals surface area contributed by atoms with E-state index in [0.29, 0.717) is 22.4 Å². The second-order valence-electron chi connectivity index (χ2n) is 7.02. The molecule has 1 aliphatic rings. The number of imidazole rings is 1. The van der Waals surface area contributed by atoms with Gasteiger partial charge in [0.2, 0.25) is 0 Å². The van der Waals surface area contributed by atoms with E-state index in [1.807, 2.05) is 11.6 Å². The first-order chi connectivity index (χ1) is 15.3. The summed E-state index contributed by atoms with van der Waals surface area (Å²) in [7, 11) is 1.85. The molecule has 0 saturated carbocycles. The molecule has 14 heteroatoms. The predicted octanol–water partition coefficient (Wildman–Crippen LogP) is 3.64. The highest BCUT2D eigenvalue weighted by Crippen LogP contribution is 2.30. The van der Waals surface area contributed by atoms with Gasteiger partial charge in [0, 0.05) is 25.1 Å². The Kier molecular flexibility index (Phi) is 6.76. The molecular weight excluding hydrogens is 460 g/mol. The van der Waals surface area contributed by atoms with E-state index in [4.69, 9.17) is 9.90 Å². The van der Waals surface area contributed by atoms with Crippen LogP contribution < -0.4 is 10.1 Å². The molecular formula is C19H17F6N5O3. The van der Waals surface area contributed by atoms with Gasteiger partial charge < -0.3 is 19.7 Å². The first-order valence-corrected chi connectivity index (χ1v) is 9.41. The number of carboxylic acid groups (broad SMARTS) is 1. The minimum atomic E-state index is -5.08. The highest BCUT2D eigenvalue weighted by molar-refractivity contribution is 5.87. The Morgan fingerprint density at radius 3 is 2.30 bits per heavy atom. The van der Waals surface area contributed by atoms with Crippen LogP contribution in [0.3, 0.4) is 0 Å². The number of halogens is 6. The first-order valence-electron chi connectivity index (χ1n) is 9.41. The van der Waals surface area contributed by atoms with Crippen molar-refractivity contribution in [2.24, 2.45) is 7.05 Å². The number of fused-ring (bicyclic) bond motifs is 1. The summed E-state index contributed by atoms with van der Waals surface area (Å²) in [5, 5.41) is 10.4. The topological polar surface area (TPSA) is 102 Å². The lowest BCUT2D eigenvalue weighted by Crippen LogP contribution is -2.21. The van der Waals surface area contributed by atoms with Gasteiger partial charge in [-0.1, -0.05) is 0 Å². The molecule has 8 nitrogen and oxygen atoms in total. The minimum absolute atomic E-state index is 0.209. The molecule has 1 atom stereocenters. The molecule has 2 N–H and O–H groups in total. The van der Waals surface area contributed by atoms with Crippen molar-refractivity contribution in [2.45, 2.75) is 24.9 Å². The summed E-state index contributed by atoms with van der Waals surface area (Å²) < 4.78 is 74.5. The molecule has 1 aromatic carbocycles. The van der Waals surface area contributed by atoms with Crippen LogP contribution >= 0.6 is 0 Å². The van der Waals surface area contributed by atoms with E-state index in [1.54, 1.807) is 18.5 Å². The molecule has 1 aliphatic heterocycles. The maximum Gasteiger partial charge on any atom is 0.573 e. The van der Waals surface area contributed by atoms with Crippen molar-refractivity contribution in [2.75, 3.05) is 13.1 Å².